The summed E-state index contributed by atoms with van der Waals surface area (Å²) >= 11 is 0. The highest BCUT2D eigenvalue weighted by Gasteiger charge is 2.37. The average molecular weight is 1070 g/mol. The van der Waals surface area contributed by atoms with Crippen LogP contribution in [0, 0.1) is 67.2 Å². The summed E-state index contributed by atoms with van der Waals surface area (Å²) in [5.41, 5.74) is 14.9. The molecule has 2 aromatic heterocycles. The van der Waals surface area contributed by atoms with E-state index >= 15 is 0 Å². The molecule has 2 unspecified atom stereocenters. The lowest BCUT2D eigenvalue weighted by atomic mass is 9.80. The van der Waals surface area contributed by atoms with Crippen LogP contribution in [0.5, 0.6) is 0 Å². The molecule has 0 saturated heterocycles. The summed E-state index contributed by atoms with van der Waals surface area (Å²) in [6.07, 6.45) is 8.12. The first-order valence-corrected chi connectivity index (χ1v) is 28.0. The molecule has 0 aliphatic heterocycles. The van der Waals surface area contributed by atoms with Gasteiger partial charge in [0.05, 0.1) is 11.4 Å². The first-order chi connectivity index (χ1) is 39.7. The molecule has 8 nitrogen and oxygen atoms in total. The number of Topliss-reactive ketones (excluding diaryl/α,β-unsaturated/α-hetero) is 2. The van der Waals surface area contributed by atoms with Crippen LogP contribution in [0.1, 0.15) is 90.4 Å². The number of hydrogen-bond acceptors (Lipinski definition) is 8. The van der Waals surface area contributed by atoms with Crippen molar-refractivity contribution in [1.29, 1.82) is 0 Å². The summed E-state index contributed by atoms with van der Waals surface area (Å²) < 4.78 is 14.5. The number of rotatable bonds is 13. The van der Waals surface area contributed by atoms with Crippen LogP contribution < -0.4 is 0 Å². The molecule has 0 fully saturated rings. The predicted molar refractivity (Wildman–Crippen MR) is 331 cm³/mol. The van der Waals surface area contributed by atoms with Gasteiger partial charge in [0.1, 0.15) is 23.6 Å². The van der Waals surface area contributed by atoms with Gasteiger partial charge >= 0.3 is 0 Å². The molecule has 82 heavy (non-hydrogen) atoms. The second-order valence-corrected chi connectivity index (χ2v) is 22.1. The third kappa shape index (κ3) is 10.4. The van der Waals surface area contributed by atoms with Crippen molar-refractivity contribution >= 4 is 66.8 Å². The number of ketones is 2. The van der Waals surface area contributed by atoms with E-state index in [0.717, 1.165) is 88.3 Å². The Kier molecular flexibility index (Phi) is 14.3. The zero-order valence-corrected chi connectivity index (χ0v) is 47.4. The van der Waals surface area contributed by atoms with Crippen molar-refractivity contribution < 1.29 is 18.4 Å². The normalized spacial score (nSPS) is 15.1. The van der Waals surface area contributed by atoms with Gasteiger partial charge in [-0.05, 0) is 135 Å². The van der Waals surface area contributed by atoms with Crippen molar-refractivity contribution in [2.24, 2.45) is 32.3 Å². The van der Waals surface area contributed by atoms with Gasteiger partial charge in [-0.1, -0.05) is 204 Å². The number of carbonyl (C=O) groups excluding carboxylic acids is 2. The summed E-state index contributed by atoms with van der Waals surface area (Å²) in [7, 11) is 0. The van der Waals surface area contributed by atoms with Crippen molar-refractivity contribution in [3.63, 3.8) is 0 Å². The van der Waals surface area contributed by atoms with E-state index in [2.05, 4.69) is 64.1 Å². The Bertz CT molecular complexity index is 3920. The maximum absolute atomic E-state index is 14.8. The van der Waals surface area contributed by atoms with Crippen molar-refractivity contribution in [2.45, 2.75) is 67.5 Å². The molecule has 10 aromatic rings. The van der Waals surface area contributed by atoms with Crippen molar-refractivity contribution in [1.82, 2.24) is 0 Å². The maximum atomic E-state index is 14.8. The van der Waals surface area contributed by atoms with Gasteiger partial charge < -0.3 is 8.83 Å². The number of fused-ring (bicyclic) bond motifs is 2. The molecular weight excluding hydrogens is 1010 g/mol. The quantitative estimate of drug-likeness (QED) is 0.107. The molecule has 0 N–H and O–H groups in total. The summed E-state index contributed by atoms with van der Waals surface area (Å²) in [6.45, 7) is 16.4. The Hall–Kier alpha value is -9.66. The monoisotopic (exact) mass is 1070 g/mol. The summed E-state index contributed by atoms with van der Waals surface area (Å²) in [4.78, 5) is 29.6. The number of benzene rings is 8. The summed E-state index contributed by atoms with van der Waals surface area (Å²) in [5, 5.41) is 24.7. The Morgan fingerprint density at radius 3 is 0.939 bits per heavy atom. The van der Waals surface area contributed by atoms with Gasteiger partial charge in [-0.2, -0.15) is 20.5 Å². The van der Waals surface area contributed by atoms with E-state index in [1.54, 1.807) is 0 Å². The van der Waals surface area contributed by atoms with E-state index in [4.69, 9.17) is 29.3 Å². The number of furan rings is 2. The van der Waals surface area contributed by atoms with Gasteiger partial charge in [0.2, 0.25) is 0 Å². The number of azo groups is 2. The number of nitrogens with zero attached hydrogens (tertiary/aromatic N) is 4. The molecule has 8 heteroatoms. The van der Waals surface area contributed by atoms with Gasteiger partial charge in [-0.3, -0.25) is 9.59 Å². The largest absolute Gasteiger partial charge is 0.455 e. The Morgan fingerprint density at radius 2 is 0.634 bits per heavy atom. The molecule has 0 bridgehead atoms. The van der Waals surface area contributed by atoms with Gasteiger partial charge in [0, 0.05) is 45.3 Å². The fraction of sp³-hybridized carbons (Fsp3) is 0.162. The van der Waals surface area contributed by atoms with Crippen molar-refractivity contribution in [3.05, 3.63) is 285 Å². The molecule has 2 atom stereocenters. The molecule has 2 aliphatic carbocycles. The second-order valence-electron chi connectivity index (χ2n) is 22.1. The lowest BCUT2D eigenvalue weighted by Crippen LogP contribution is -2.17. The van der Waals surface area contributed by atoms with E-state index in [9.17, 15) is 9.59 Å². The molecule has 0 radical (unpaired) electrons. The van der Waals surface area contributed by atoms with Crippen LogP contribution in [-0.4, -0.2) is 11.6 Å². The number of hydrogen-bond donors (Lipinski definition) is 0. The number of carbonyl (C=O) groups is 2. The summed E-state index contributed by atoms with van der Waals surface area (Å²) in [5.74, 6) is 1.23. The zero-order chi connectivity index (χ0) is 56.8. The summed E-state index contributed by atoms with van der Waals surface area (Å²) in [6, 6.07) is 59.5. The molecule has 2 heterocycles. The standard InChI is InChI=1S/C74H62N4O4/c1-43-17-25-53(26-18-43)63-39-59(40-64(69(63)79)54-27-19-44(2)20-28-54)67(77-75-61-35-33-51-13-9-11-15-57(51)37-61)71-47(5)49(7)73(81-71)74-50(8)48(6)72(82-74)68(78-76-62-36-34-52-14-10-12-16-58(52)38-62)60-41-65(55-29-21-45(3)22-30-55)70(80)66(42-60)56-31-23-46(4)24-32-56/h9-42,59-60,67-68H,1-8H3. The minimum Gasteiger partial charge on any atom is -0.455 e. The number of aryl methyl sites for hydroxylation is 4. The van der Waals surface area contributed by atoms with Crippen LogP contribution in [-0.2, 0) is 9.59 Å². The second kappa shape index (κ2) is 22.1. The molecule has 0 amide bonds. The minimum atomic E-state index is -0.720. The fourth-order valence-corrected chi connectivity index (χ4v) is 11.2. The molecule has 0 saturated carbocycles. The SMILES string of the molecule is Cc1ccc(C2=CC(C(N=Nc3ccc4ccccc4c3)c3oc(-c4oc(C(N=Nc5ccc6ccccc6c5)C5C=C(c6ccc(C)cc6)C(=O)C(c6ccc(C)cc6)=C5)c(C)c4C)c(C)c3C)C=C(c3ccc(C)cc3)C2=O)cc1. The highest BCUT2D eigenvalue weighted by Crippen LogP contribution is 2.48. The van der Waals surface area contributed by atoms with Crippen LogP contribution in [0.4, 0.5) is 11.4 Å². The van der Waals surface area contributed by atoms with Crippen LogP contribution >= 0.6 is 0 Å². The van der Waals surface area contributed by atoms with Gasteiger partial charge in [0.25, 0.3) is 0 Å². The third-order valence-electron chi connectivity index (χ3n) is 16.4. The highest BCUT2D eigenvalue weighted by molar-refractivity contribution is 6.44. The molecule has 12 rings (SSSR count). The van der Waals surface area contributed by atoms with E-state index in [-0.39, 0.29) is 11.6 Å². The smallest absolute Gasteiger partial charge is 0.193 e. The highest BCUT2D eigenvalue weighted by atomic mass is 16.4. The lowest BCUT2D eigenvalue weighted by molar-refractivity contribution is -0.109. The molecule has 2 aliphatic rings. The van der Waals surface area contributed by atoms with Crippen molar-refractivity contribution in [2.75, 3.05) is 0 Å². The van der Waals surface area contributed by atoms with E-state index in [0.29, 0.717) is 56.7 Å². The Morgan fingerprint density at radius 1 is 0.341 bits per heavy atom. The maximum Gasteiger partial charge on any atom is 0.193 e. The first-order valence-electron chi connectivity index (χ1n) is 28.0. The molecular formula is C74H62N4O4. The van der Waals surface area contributed by atoms with Crippen LogP contribution in [0.3, 0.4) is 0 Å². The molecule has 8 aromatic carbocycles. The molecule has 0 spiro atoms. The lowest BCUT2D eigenvalue weighted by Gasteiger charge is -2.24. The van der Waals surface area contributed by atoms with Crippen LogP contribution in [0.25, 0.3) is 55.4 Å². The Labute approximate surface area is 478 Å². The van der Waals surface area contributed by atoms with E-state index < -0.39 is 23.9 Å². The topological polar surface area (TPSA) is 110 Å². The Balaban J connectivity index is 1.02. The van der Waals surface area contributed by atoms with Gasteiger partial charge in [-0.25, -0.2) is 0 Å². The number of allylic oxidation sites excluding steroid dienone is 4. The van der Waals surface area contributed by atoms with Crippen LogP contribution in [0.2, 0.25) is 0 Å². The van der Waals surface area contributed by atoms with Crippen molar-refractivity contribution in [3.8, 4) is 11.5 Å². The van der Waals surface area contributed by atoms with E-state index in [1.165, 1.54) is 0 Å². The predicted octanol–water partition coefficient (Wildman–Crippen LogP) is 19.7. The first kappa shape index (κ1) is 53.0. The fourth-order valence-electron chi connectivity index (χ4n) is 11.2. The average Bonchev–Trinajstić information content (AvgIpc) is 4.18. The van der Waals surface area contributed by atoms with Crippen LogP contribution in [0.15, 0.2) is 236 Å². The molecule has 402 valence electrons. The third-order valence-corrected chi connectivity index (χ3v) is 16.4. The van der Waals surface area contributed by atoms with Gasteiger partial charge in [-0.15, -0.1) is 0 Å². The van der Waals surface area contributed by atoms with Gasteiger partial charge in [0.15, 0.2) is 23.1 Å². The van der Waals surface area contributed by atoms with E-state index in [1.807, 2.05) is 198 Å². The minimum absolute atomic E-state index is 0.0623. The zero-order valence-electron chi connectivity index (χ0n) is 47.4.